The van der Waals surface area contributed by atoms with Crippen molar-refractivity contribution in [2.75, 3.05) is 24.5 Å². The van der Waals surface area contributed by atoms with Crippen LogP contribution in [0.4, 0.5) is 5.82 Å². The maximum Gasteiger partial charge on any atom is 0.147 e. The van der Waals surface area contributed by atoms with Gasteiger partial charge in [-0.05, 0) is 31.0 Å². The lowest BCUT2D eigenvalue weighted by atomic mass is 10.2. The van der Waals surface area contributed by atoms with Gasteiger partial charge in [-0.25, -0.2) is 4.98 Å². The van der Waals surface area contributed by atoms with E-state index >= 15 is 0 Å². The number of nitrogens with one attached hydrogen (secondary N) is 1. The molecule has 0 spiro atoms. The van der Waals surface area contributed by atoms with Gasteiger partial charge < -0.3 is 15.0 Å². The second-order valence-electron chi connectivity index (χ2n) is 5.29. The summed E-state index contributed by atoms with van der Waals surface area (Å²) >= 11 is 6.38. The highest BCUT2D eigenvalue weighted by molar-refractivity contribution is 6.33. The molecule has 0 aromatic carbocycles. The second-order valence-corrected chi connectivity index (χ2v) is 5.70. The van der Waals surface area contributed by atoms with Gasteiger partial charge in [0.05, 0.1) is 17.2 Å². The molecular formula is C14H20ClN3O. The predicted molar refractivity (Wildman–Crippen MR) is 76.7 cm³/mol. The number of anilines is 1. The number of nitrogens with zero attached hydrogens (tertiary/aromatic N) is 2. The van der Waals surface area contributed by atoms with Crippen LogP contribution >= 0.6 is 11.6 Å². The zero-order chi connectivity index (χ0) is 13.2. The van der Waals surface area contributed by atoms with Crippen LogP contribution in [-0.4, -0.2) is 36.8 Å². The first kappa shape index (κ1) is 13.2. The van der Waals surface area contributed by atoms with Crippen LogP contribution in [-0.2, 0) is 11.3 Å². The Morgan fingerprint density at radius 3 is 2.79 bits per heavy atom. The molecule has 1 N–H and O–H groups in total. The summed E-state index contributed by atoms with van der Waals surface area (Å²) in [6, 6.07) is 2.02. The van der Waals surface area contributed by atoms with Crippen molar-refractivity contribution in [2.45, 2.75) is 38.5 Å². The van der Waals surface area contributed by atoms with E-state index in [4.69, 9.17) is 16.3 Å². The lowest BCUT2D eigenvalue weighted by Gasteiger charge is -2.33. The van der Waals surface area contributed by atoms with E-state index in [0.717, 1.165) is 55.4 Å². The summed E-state index contributed by atoms with van der Waals surface area (Å²) in [5, 5.41) is 4.03. The average molecular weight is 282 g/mol. The van der Waals surface area contributed by atoms with Crippen LogP contribution < -0.4 is 10.2 Å². The molecule has 3 heterocycles. The lowest BCUT2D eigenvalue weighted by molar-refractivity contribution is 0.0302. The van der Waals surface area contributed by atoms with Crippen molar-refractivity contribution < 1.29 is 4.74 Å². The Labute approximate surface area is 119 Å². The maximum absolute atomic E-state index is 6.38. The highest BCUT2D eigenvalue weighted by Gasteiger charge is 2.34. The number of halogens is 1. The monoisotopic (exact) mass is 281 g/mol. The minimum absolute atomic E-state index is 0.359. The fraction of sp³-hybridized carbons (Fsp3) is 0.643. The fourth-order valence-electron chi connectivity index (χ4n) is 2.86. The molecule has 104 valence electrons. The standard InChI is InChI=1S/C14H20ClN3O/c1-2-16-6-10-5-13(15)14(17-7-10)18-8-11-3-4-12(9-18)19-11/h5,7,11-12,16H,2-4,6,8-9H2,1H3. The lowest BCUT2D eigenvalue weighted by Crippen LogP contribution is -2.43. The molecule has 2 fully saturated rings. The van der Waals surface area contributed by atoms with Gasteiger partial charge in [0.1, 0.15) is 5.82 Å². The molecule has 1 aromatic heterocycles. The third kappa shape index (κ3) is 2.86. The maximum atomic E-state index is 6.38. The predicted octanol–water partition coefficient (Wildman–Crippen LogP) is 2.21. The molecule has 2 atom stereocenters. The number of morpholine rings is 1. The van der Waals surface area contributed by atoms with E-state index in [1.807, 2.05) is 12.3 Å². The van der Waals surface area contributed by atoms with Gasteiger partial charge in [0.25, 0.3) is 0 Å². The quantitative estimate of drug-likeness (QED) is 0.918. The van der Waals surface area contributed by atoms with Crippen molar-refractivity contribution in [2.24, 2.45) is 0 Å². The zero-order valence-corrected chi connectivity index (χ0v) is 12.0. The SMILES string of the molecule is CCNCc1cnc(N2CC3CCC(C2)O3)c(Cl)c1. The van der Waals surface area contributed by atoms with Crippen molar-refractivity contribution in [1.29, 1.82) is 0 Å². The molecule has 4 nitrogen and oxygen atoms in total. The first-order chi connectivity index (χ1) is 9.26. The molecule has 2 unspecified atom stereocenters. The van der Waals surface area contributed by atoms with Crippen molar-refractivity contribution in [1.82, 2.24) is 10.3 Å². The largest absolute Gasteiger partial charge is 0.371 e. The Bertz CT molecular complexity index is 442. The summed E-state index contributed by atoms with van der Waals surface area (Å²) in [5.74, 6) is 0.905. The molecule has 2 aliphatic rings. The van der Waals surface area contributed by atoms with Crippen LogP contribution in [0.1, 0.15) is 25.3 Å². The molecule has 5 heteroatoms. The smallest absolute Gasteiger partial charge is 0.147 e. The van der Waals surface area contributed by atoms with Gasteiger partial charge in [-0.2, -0.15) is 0 Å². The van der Waals surface area contributed by atoms with Crippen LogP contribution in [0.5, 0.6) is 0 Å². The number of rotatable bonds is 4. The molecule has 2 aliphatic heterocycles. The number of aromatic nitrogens is 1. The van der Waals surface area contributed by atoms with E-state index in [2.05, 4.69) is 22.1 Å². The Kier molecular flexibility index (Phi) is 3.91. The molecule has 1 aromatic rings. The van der Waals surface area contributed by atoms with E-state index in [0.29, 0.717) is 12.2 Å². The van der Waals surface area contributed by atoms with Gasteiger partial charge in [-0.3, -0.25) is 0 Å². The fourth-order valence-corrected chi connectivity index (χ4v) is 3.17. The molecule has 0 amide bonds. The van der Waals surface area contributed by atoms with Crippen molar-refractivity contribution in [3.05, 3.63) is 22.8 Å². The van der Waals surface area contributed by atoms with E-state index in [-0.39, 0.29) is 0 Å². The summed E-state index contributed by atoms with van der Waals surface area (Å²) in [6.07, 6.45) is 4.96. The Balaban J connectivity index is 1.74. The Morgan fingerprint density at radius 1 is 1.42 bits per heavy atom. The summed E-state index contributed by atoms with van der Waals surface area (Å²) in [7, 11) is 0. The first-order valence-corrected chi connectivity index (χ1v) is 7.39. The van der Waals surface area contributed by atoms with Crippen molar-refractivity contribution in [3.63, 3.8) is 0 Å². The highest BCUT2D eigenvalue weighted by Crippen LogP contribution is 2.32. The summed E-state index contributed by atoms with van der Waals surface area (Å²) in [6.45, 7) is 5.68. The molecule has 0 aliphatic carbocycles. The topological polar surface area (TPSA) is 37.4 Å². The molecule has 19 heavy (non-hydrogen) atoms. The number of hydrogen-bond donors (Lipinski definition) is 1. The number of ether oxygens (including phenoxy) is 1. The molecular weight excluding hydrogens is 262 g/mol. The number of hydrogen-bond acceptors (Lipinski definition) is 4. The summed E-state index contributed by atoms with van der Waals surface area (Å²) in [4.78, 5) is 6.82. The molecule has 0 saturated carbocycles. The third-order valence-electron chi connectivity index (χ3n) is 3.80. The van der Waals surface area contributed by atoms with E-state index in [1.165, 1.54) is 0 Å². The Morgan fingerprint density at radius 2 is 2.16 bits per heavy atom. The minimum Gasteiger partial charge on any atom is -0.371 e. The minimum atomic E-state index is 0.359. The normalized spacial score (nSPS) is 25.9. The molecule has 0 radical (unpaired) electrons. The van der Waals surface area contributed by atoms with Crippen molar-refractivity contribution in [3.8, 4) is 0 Å². The van der Waals surface area contributed by atoms with Crippen LogP contribution in [0.25, 0.3) is 0 Å². The molecule has 3 rings (SSSR count). The van der Waals surface area contributed by atoms with Gasteiger partial charge >= 0.3 is 0 Å². The summed E-state index contributed by atoms with van der Waals surface area (Å²) in [5.41, 5.74) is 1.13. The van der Waals surface area contributed by atoms with Gasteiger partial charge in [0.2, 0.25) is 0 Å². The van der Waals surface area contributed by atoms with Crippen LogP contribution in [0, 0.1) is 0 Å². The van der Waals surface area contributed by atoms with Crippen LogP contribution in [0.3, 0.4) is 0 Å². The highest BCUT2D eigenvalue weighted by atomic mass is 35.5. The van der Waals surface area contributed by atoms with Gasteiger partial charge in [0, 0.05) is 25.8 Å². The Hall–Kier alpha value is -0.840. The second kappa shape index (κ2) is 5.65. The number of fused-ring (bicyclic) bond motifs is 2. The van der Waals surface area contributed by atoms with E-state index in [1.54, 1.807) is 0 Å². The zero-order valence-electron chi connectivity index (χ0n) is 11.2. The van der Waals surface area contributed by atoms with Crippen LogP contribution in [0.15, 0.2) is 12.3 Å². The van der Waals surface area contributed by atoms with Gasteiger partial charge in [-0.1, -0.05) is 18.5 Å². The number of pyridine rings is 1. The van der Waals surface area contributed by atoms with E-state index in [9.17, 15) is 0 Å². The van der Waals surface area contributed by atoms with Gasteiger partial charge in [0.15, 0.2) is 0 Å². The first-order valence-electron chi connectivity index (χ1n) is 7.02. The summed E-state index contributed by atoms with van der Waals surface area (Å²) < 4.78 is 5.84. The van der Waals surface area contributed by atoms with Gasteiger partial charge in [-0.15, -0.1) is 0 Å². The molecule has 2 bridgehead atoms. The third-order valence-corrected chi connectivity index (χ3v) is 4.08. The van der Waals surface area contributed by atoms with Crippen molar-refractivity contribution >= 4 is 17.4 Å². The van der Waals surface area contributed by atoms with Crippen LogP contribution in [0.2, 0.25) is 5.02 Å². The molecule has 2 saturated heterocycles. The average Bonchev–Trinajstić information content (AvgIpc) is 2.75. The van der Waals surface area contributed by atoms with E-state index < -0.39 is 0 Å².